The van der Waals surface area contributed by atoms with Crippen LogP contribution in [0.3, 0.4) is 0 Å². The van der Waals surface area contributed by atoms with Crippen LogP contribution >= 0.6 is 0 Å². The minimum Gasteiger partial charge on any atom is -0.469 e. The van der Waals surface area contributed by atoms with Crippen molar-refractivity contribution in [2.75, 3.05) is 11.9 Å². The topological polar surface area (TPSA) is 12.5 Å². The largest absolute Gasteiger partial charge is 0.469 e. The van der Waals surface area contributed by atoms with Gasteiger partial charge in [-0.15, -0.1) is 0 Å². The molecule has 1 aromatic rings. The summed E-state index contributed by atoms with van der Waals surface area (Å²) in [5, 5.41) is 0. The maximum absolute atomic E-state index is 5.51. The van der Waals surface area contributed by atoms with E-state index in [4.69, 9.17) is 4.74 Å². The van der Waals surface area contributed by atoms with E-state index in [-0.39, 0.29) is 6.23 Å². The molecule has 2 nitrogen and oxygen atoms in total. The minimum atomic E-state index is 0.142. The van der Waals surface area contributed by atoms with Crippen LogP contribution in [0.1, 0.15) is 6.92 Å². The van der Waals surface area contributed by atoms with Gasteiger partial charge in [0.1, 0.15) is 5.75 Å². The summed E-state index contributed by atoms with van der Waals surface area (Å²) in [6.07, 6.45) is 0.142. The zero-order chi connectivity index (χ0) is 7.84. The van der Waals surface area contributed by atoms with Crippen LogP contribution in [-0.4, -0.2) is 13.3 Å². The first-order valence-corrected chi connectivity index (χ1v) is 3.69. The molecule has 1 aromatic carbocycles. The van der Waals surface area contributed by atoms with Crippen molar-refractivity contribution in [1.29, 1.82) is 0 Å². The number of rotatable bonds is 0. The maximum Gasteiger partial charge on any atom is 0.169 e. The van der Waals surface area contributed by atoms with E-state index < -0.39 is 0 Å². The van der Waals surface area contributed by atoms with Crippen molar-refractivity contribution < 1.29 is 4.74 Å². The summed E-state index contributed by atoms with van der Waals surface area (Å²) in [5.41, 5.74) is 1.06. The number of hydrogen-bond donors (Lipinski definition) is 0. The number of anilines is 1. The molecule has 1 aliphatic rings. The Kier molecular flexibility index (Phi) is 1.28. The lowest BCUT2D eigenvalue weighted by atomic mass is 10.3. The summed E-state index contributed by atoms with van der Waals surface area (Å²) in [6.45, 7) is 2.02. The van der Waals surface area contributed by atoms with Gasteiger partial charge in [-0.2, -0.15) is 0 Å². The fourth-order valence-corrected chi connectivity index (χ4v) is 1.23. The normalized spacial score (nSPS) is 21.3. The number of ether oxygens (including phenoxy) is 1. The van der Waals surface area contributed by atoms with Gasteiger partial charge >= 0.3 is 0 Å². The summed E-state index contributed by atoms with van der Waals surface area (Å²) >= 11 is 0. The highest BCUT2D eigenvalue weighted by atomic mass is 16.5. The third-order valence-electron chi connectivity index (χ3n) is 1.99. The zero-order valence-electron chi connectivity index (χ0n) is 6.66. The van der Waals surface area contributed by atoms with Crippen LogP contribution in [0.25, 0.3) is 0 Å². The van der Waals surface area contributed by atoms with Crippen LogP contribution in [-0.2, 0) is 0 Å². The van der Waals surface area contributed by atoms with E-state index in [0.29, 0.717) is 0 Å². The lowest BCUT2D eigenvalue weighted by Crippen LogP contribution is -2.27. The van der Waals surface area contributed by atoms with Crippen molar-refractivity contribution in [2.45, 2.75) is 13.2 Å². The van der Waals surface area contributed by atoms with Gasteiger partial charge in [-0.3, -0.25) is 0 Å². The fraction of sp³-hybridized carbons (Fsp3) is 0.333. The van der Waals surface area contributed by atoms with Crippen molar-refractivity contribution in [3.8, 4) is 5.75 Å². The zero-order valence-corrected chi connectivity index (χ0v) is 6.66. The van der Waals surface area contributed by atoms with Crippen molar-refractivity contribution in [1.82, 2.24) is 0 Å². The molecule has 0 aromatic heterocycles. The Bertz CT molecular complexity index is 272. The van der Waals surface area contributed by atoms with E-state index in [0.717, 1.165) is 11.4 Å². The van der Waals surface area contributed by atoms with Gasteiger partial charge in [0.05, 0.1) is 5.69 Å². The average molecular weight is 148 g/mol. The Labute approximate surface area is 66.4 Å². The standard InChI is InChI=1S/C9H10NO/c1-7-10(2)8-5-3-4-6-9(8)11-7/h3-4,6-7H,1-2H3. The lowest BCUT2D eigenvalue weighted by molar-refractivity contribution is 0.251. The Morgan fingerprint density at radius 2 is 2.45 bits per heavy atom. The minimum absolute atomic E-state index is 0.142. The first-order valence-electron chi connectivity index (χ1n) is 3.69. The Hall–Kier alpha value is -1.18. The monoisotopic (exact) mass is 148 g/mol. The number of hydrogen-bond acceptors (Lipinski definition) is 2. The molecular weight excluding hydrogens is 138 g/mol. The van der Waals surface area contributed by atoms with E-state index in [1.807, 2.05) is 32.2 Å². The fourth-order valence-electron chi connectivity index (χ4n) is 1.23. The van der Waals surface area contributed by atoms with E-state index in [2.05, 4.69) is 11.0 Å². The molecule has 0 saturated carbocycles. The summed E-state index contributed by atoms with van der Waals surface area (Å²) in [5.74, 6) is 0.933. The summed E-state index contributed by atoms with van der Waals surface area (Å²) in [7, 11) is 2.01. The molecule has 0 N–H and O–H groups in total. The summed E-state index contributed by atoms with van der Waals surface area (Å²) in [6, 6.07) is 8.93. The van der Waals surface area contributed by atoms with E-state index >= 15 is 0 Å². The van der Waals surface area contributed by atoms with Gasteiger partial charge in [-0.25, -0.2) is 0 Å². The highest BCUT2D eigenvalue weighted by Gasteiger charge is 2.22. The number of nitrogens with zero attached hydrogens (tertiary/aromatic N) is 1. The smallest absolute Gasteiger partial charge is 0.169 e. The van der Waals surface area contributed by atoms with Crippen molar-refractivity contribution >= 4 is 5.69 Å². The van der Waals surface area contributed by atoms with Gasteiger partial charge in [0.25, 0.3) is 0 Å². The maximum atomic E-state index is 5.51. The second-order valence-electron chi connectivity index (χ2n) is 2.71. The molecule has 1 unspecified atom stereocenters. The number of benzene rings is 1. The van der Waals surface area contributed by atoms with Crippen LogP contribution in [0, 0.1) is 6.07 Å². The Morgan fingerprint density at radius 1 is 1.64 bits per heavy atom. The first kappa shape index (κ1) is 6.53. The molecule has 1 atom stereocenters. The molecule has 1 heterocycles. The quantitative estimate of drug-likeness (QED) is 0.554. The SMILES string of the molecule is CC1Oc2ccc[c]c2N1C. The predicted octanol–water partition coefficient (Wildman–Crippen LogP) is 1.66. The Balaban J connectivity index is 2.47. The predicted molar refractivity (Wildman–Crippen MR) is 43.8 cm³/mol. The Morgan fingerprint density at radius 3 is 3.18 bits per heavy atom. The molecule has 0 bridgehead atoms. The first-order chi connectivity index (χ1) is 5.29. The van der Waals surface area contributed by atoms with Gasteiger partial charge in [0, 0.05) is 13.1 Å². The molecule has 0 fully saturated rings. The van der Waals surface area contributed by atoms with Gasteiger partial charge in [0.2, 0.25) is 0 Å². The number of fused-ring (bicyclic) bond motifs is 1. The third kappa shape index (κ3) is 0.862. The molecule has 2 heteroatoms. The molecular formula is C9H10NO. The van der Waals surface area contributed by atoms with Crippen LogP contribution in [0.15, 0.2) is 18.2 Å². The van der Waals surface area contributed by atoms with E-state index in [1.54, 1.807) is 0 Å². The van der Waals surface area contributed by atoms with Crippen molar-refractivity contribution in [3.63, 3.8) is 0 Å². The van der Waals surface area contributed by atoms with Crippen molar-refractivity contribution in [3.05, 3.63) is 24.3 Å². The molecule has 2 rings (SSSR count). The van der Waals surface area contributed by atoms with E-state index in [9.17, 15) is 0 Å². The summed E-state index contributed by atoms with van der Waals surface area (Å²) < 4.78 is 5.51. The van der Waals surface area contributed by atoms with Crippen LogP contribution in [0.4, 0.5) is 5.69 Å². The van der Waals surface area contributed by atoms with Gasteiger partial charge < -0.3 is 9.64 Å². The van der Waals surface area contributed by atoms with Crippen LogP contribution < -0.4 is 9.64 Å². The number of para-hydroxylation sites is 1. The molecule has 0 amide bonds. The lowest BCUT2D eigenvalue weighted by Gasteiger charge is -2.14. The molecule has 1 radical (unpaired) electrons. The second kappa shape index (κ2) is 2.16. The molecule has 0 aliphatic carbocycles. The highest BCUT2D eigenvalue weighted by molar-refractivity contribution is 5.60. The molecule has 1 aliphatic heterocycles. The molecule has 11 heavy (non-hydrogen) atoms. The molecule has 57 valence electrons. The molecule has 0 saturated heterocycles. The van der Waals surface area contributed by atoms with Gasteiger partial charge in [-0.1, -0.05) is 12.1 Å². The van der Waals surface area contributed by atoms with E-state index in [1.165, 1.54) is 0 Å². The van der Waals surface area contributed by atoms with Gasteiger partial charge in [-0.05, 0) is 13.0 Å². The summed E-state index contributed by atoms with van der Waals surface area (Å²) in [4.78, 5) is 2.06. The van der Waals surface area contributed by atoms with Gasteiger partial charge in [0.15, 0.2) is 6.23 Å². The average Bonchev–Trinajstić information content (AvgIpc) is 2.30. The van der Waals surface area contributed by atoms with Crippen LogP contribution in [0.5, 0.6) is 5.75 Å². The second-order valence-corrected chi connectivity index (χ2v) is 2.71. The molecule has 0 spiro atoms. The highest BCUT2D eigenvalue weighted by Crippen LogP contribution is 2.34. The van der Waals surface area contributed by atoms with Crippen LogP contribution in [0.2, 0.25) is 0 Å². The third-order valence-corrected chi connectivity index (χ3v) is 1.99. The van der Waals surface area contributed by atoms with Crippen molar-refractivity contribution in [2.24, 2.45) is 0 Å².